The first kappa shape index (κ1) is 14.2. The molecule has 1 amide bonds. The zero-order valence-corrected chi connectivity index (χ0v) is 12.3. The summed E-state index contributed by atoms with van der Waals surface area (Å²) in [7, 11) is 0. The van der Waals surface area contributed by atoms with Gasteiger partial charge in [0.05, 0.1) is 21.7 Å². The van der Waals surface area contributed by atoms with Gasteiger partial charge in [-0.1, -0.05) is 0 Å². The number of nitrogens with zero attached hydrogens (tertiary/aromatic N) is 4. The van der Waals surface area contributed by atoms with E-state index in [1.807, 2.05) is 0 Å². The number of nitrogens with two attached hydrogens (primary N) is 1. The maximum atomic E-state index is 11.3. The smallest absolute Gasteiger partial charge is 0.258 e. The van der Waals surface area contributed by atoms with E-state index in [1.54, 1.807) is 6.07 Å². The van der Waals surface area contributed by atoms with Crippen molar-refractivity contribution < 1.29 is 9.90 Å². The number of aliphatic hydroxyl groups excluding tert-OH is 1. The molecule has 0 saturated carbocycles. The van der Waals surface area contributed by atoms with E-state index in [0.717, 1.165) is 42.2 Å². The van der Waals surface area contributed by atoms with Crippen LogP contribution in [0.5, 0.6) is 0 Å². The van der Waals surface area contributed by atoms with Gasteiger partial charge in [0.1, 0.15) is 12.1 Å². The second kappa shape index (κ2) is 5.92. The first-order valence-electron chi connectivity index (χ1n) is 6.81. The quantitative estimate of drug-likeness (QED) is 0.819. The van der Waals surface area contributed by atoms with E-state index in [-0.39, 0.29) is 6.61 Å². The van der Waals surface area contributed by atoms with Crippen molar-refractivity contribution in [3.05, 3.63) is 17.3 Å². The molecule has 0 aliphatic carbocycles. The lowest BCUT2D eigenvalue weighted by Gasteiger charge is -2.35. The van der Waals surface area contributed by atoms with Gasteiger partial charge in [-0.3, -0.25) is 9.69 Å². The molecule has 0 aromatic carbocycles. The van der Waals surface area contributed by atoms with Gasteiger partial charge in [-0.15, -0.1) is 11.3 Å². The highest BCUT2D eigenvalue weighted by molar-refractivity contribution is 7.21. The maximum Gasteiger partial charge on any atom is 0.258 e. The van der Waals surface area contributed by atoms with Crippen LogP contribution in [0.2, 0.25) is 0 Å². The number of carbonyl (C=O) groups excluding carboxylic acids is 1. The molecule has 0 bridgehead atoms. The highest BCUT2D eigenvalue weighted by Crippen LogP contribution is 2.31. The highest BCUT2D eigenvalue weighted by Gasteiger charge is 2.21. The zero-order valence-electron chi connectivity index (χ0n) is 11.5. The number of β-amino-alcohol motifs (C(OH)–C–C–N with tert-alkyl or cyclic N) is 1. The van der Waals surface area contributed by atoms with Crippen LogP contribution in [-0.2, 0) is 0 Å². The average Bonchev–Trinajstić information content (AvgIpc) is 2.93. The molecule has 112 valence electrons. The normalized spacial score (nSPS) is 16.5. The minimum atomic E-state index is -0.434. The molecule has 1 fully saturated rings. The van der Waals surface area contributed by atoms with E-state index < -0.39 is 5.91 Å². The van der Waals surface area contributed by atoms with E-state index in [2.05, 4.69) is 19.8 Å². The number of aliphatic hydroxyl groups is 1. The zero-order chi connectivity index (χ0) is 14.8. The summed E-state index contributed by atoms with van der Waals surface area (Å²) >= 11 is 1.34. The number of hydrogen-bond donors (Lipinski definition) is 2. The summed E-state index contributed by atoms with van der Waals surface area (Å²) in [6.07, 6.45) is 1.52. The minimum absolute atomic E-state index is 0.185. The topological polar surface area (TPSA) is 95.6 Å². The van der Waals surface area contributed by atoms with Gasteiger partial charge in [-0.25, -0.2) is 9.97 Å². The summed E-state index contributed by atoms with van der Waals surface area (Å²) in [6, 6.07) is 1.72. The van der Waals surface area contributed by atoms with E-state index in [4.69, 9.17) is 10.8 Å². The molecular formula is C13H17N5O2S. The Hall–Kier alpha value is -1.77. The van der Waals surface area contributed by atoms with E-state index in [0.29, 0.717) is 11.4 Å². The predicted molar refractivity (Wildman–Crippen MR) is 81.7 cm³/mol. The number of anilines is 1. The Bertz CT molecular complexity index is 651. The summed E-state index contributed by atoms with van der Waals surface area (Å²) in [6.45, 7) is 4.36. The second-order valence-corrected chi connectivity index (χ2v) is 5.99. The first-order chi connectivity index (χ1) is 10.2. The molecule has 0 radical (unpaired) electrons. The van der Waals surface area contributed by atoms with Crippen molar-refractivity contribution in [2.75, 3.05) is 44.2 Å². The molecule has 3 N–H and O–H groups in total. The van der Waals surface area contributed by atoms with Crippen molar-refractivity contribution in [2.24, 2.45) is 5.73 Å². The van der Waals surface area contributed by atoms with Gasteiger partial charge < -0.3 is 15.7 Å². The first-order valence-corrected chi connectivity index (χ1v) is 7.63. The molecule has 3 rings (SSSR count). The fourth-order valence-corrected chi connectivity index (χ4v) is 3.49. The van der Waals surface area contributed by atoms with Crippen LogP contribution in [0, 0.1) is 0 Å². The molecule has 0 atom stereocenters. The average molecular weight is 307 g/mol. The fourth-order valence-electron chi connectivity index (χ4n) is 2.51. The van der Waals surface area contributed by atoms with Crippen LogP contribution in [0.4, 0.5) is 5.82 Å². The molecule has 7 nitrogen and oxygen atoms in total. The lowest BCUT2D eigenvalue weighted by Crippen LogP contribution is -2.47. The van der Waals surface area contributed by atoms with Crippen molar-refractivity contribution >= 4 is 33.3 Å². The van der Waals surface area contributed by atoms with Gasteiger partial charge in [0.15, 0.2) is 0 Å². The molecule has 0 unspecified atom stereocenters. The summed E-state index contributed by atoms with van der Waals surface area (Å²) in [5.41, 5.74) is 6.10. The number of carbonyl (C=O) groups is 1. The van der Waals surface area contributed by atoms with Crippen LogP contribution in [-0.4, -0.2) is 65.2 Å². The standard InChI is InChI=1S/C13H17N5O2S/c14-12(20)10-7-9-11(21-10)13(16-8-15-9)18-3-1-17(2-4-18)5-6-19/h7-8,19H,1-6H2,(H2,14,20). The molecule has 1 aliphatic heterocycles. The molecule has 2 aromatic rings. The molecule has 8 heteroatoms. The van der Waals surface area contributed by atoms with Crippen molar-refractivity contribution in [3.8, 4) is 0 Å². The largest absolute Gasteiger partial charge is 0.395 e. The van der Waals surface area contributed by atoms with Gasteiger partial charge in [-0.2, -0.15) is 0 Å². The maximum absolute atomic E-state index is 11.3. The van der Waals surface area contributed by atoms with Crippen molar-refractivity contribution in [1.29, 1.82) is 0 Å². The van der Waals surface area contributed by atoms with Gasteiger partial charge in [0.2, 0.25) is 0 Å². The molecule has 3 heterocycles. The molecular weight excluding hydrogens is 290 g/mol. The van der Waals surface area contributed by atoms with Crippen LogP contribution in [0.15, 0.2) is 12.4 Å². The summed E-state index contributed by atoms with van der Waals surface area (Å²) < 4.78 is 0.905. The molecule has 1 aliphatic rings. The van der Waals surface area contributed by atoms with Crippen LogP contribution >= 0.6 is 11.3 Å². The third-order valence-corrected chi connectivity index (χ3v) is 4.76. The van der Waals surface area contributed by atoms with Crippen molar-refractivity contribution in [2.45, 2.75) is 0 Å². The number of amides is 1. The fraction of sp³-hybridized carbons (Fsp3) is 0.462. The minimum Gasteiger partial charge on any atom is -0.395 e. The number of rotatable bonds is 4. The van der Waals surface area contributed by atoms with Crippen LogP contribution in [0.1, 0.15) is 9.67 Å². The van der Waals surface area contributed by atoms with Crippen molar-refractivity contribution in [3.63, 3.8) is 0 Å². The Morgan fingerprint density at radius 1 is 1.33 bits per heavy atom. The van der Waals surface area contributed by atoms with E-state index >= 15 is 0 Å². The van der Waals surface area contributed by atoms with Gasteiger partial charge in [0, 0.05) is 32.7 Å². The van der Waals surface area contributed by atoms with Crippen LogP contribution < -0.4 is 10.6 Å². The van der Waals surface area contributed by atoms with E-state index in [9.17, 15) is 4.79 Å². The lowest BCUT2D eigenvalue weighted by molar-refractivity contribution is 0.100. The summed E-state index contributed by atoms with van der Waals surface area (Å²) in [5.74, 6) is 0.429. The predicted octanol–water partition coefficient (Wildman–Crippen LogP) is -0.0955. The lowest BCUT2D eigenvalue weighted by atomic mass is 10.3. The number of piperazine rings is 1. The second-order valence-electron chi connectivity index (χ2n) is 4.94. The highest BCUT2D eigenvalue weighted by atomic mass is 32.1. The van der Waals surface area contributed by atoms with Crippen LogP contribution in [0.3, 0.4) is 0 Å². The van der Waals surface area contributed by atoms with E-state index in [1.165, 1.54) is 17.7 Å². The number of thiophene rings is 1. The van der Waals surface area contributed by atoms with Gasteiger partial charge in [-0.05, 0) is 6.07 Å². The summed E-state index contributed by atoms with van der Waals surface area (Å²) in [4.78, 5) is 24.8. The van der Waals surface area contributed by atoms with Gasteiger partial charge in [0.25, 0.3) is 5.91 Å². The number of fused-ring (bicyclic) bond motifs is 1. The van der Waals surface area contributed by atoms with Gasteiger partial charge >= 0.3 is 0 Å². The Balaban J connectivity index is 1.85. The molecule has 2 aromatic heterocycles. The number of aromatic nitrogens is 2. The number of hydrogen-bond acceptors (Lipinski definition) is 7. The third kappa shape index (κ3) is 2.82. The molecule has 1 saturated heterocycles. The molecule has 0 spiro atoms. The Morgan fingerprint density at radius 3 is 2.76 bits per heavy atom. The Kier molecular flexibility index (Phi) is 4.00. The number of primary amides is 1. The van der Waals surface area contributed by atoms with Crippen LogP contribution in [0.25, 0.3) is 10.2 Å². The summed E-state index contributed by atoms with van der Waals surface area (Å²) in [5, 5.41) is 8.98. The van der Waals surface area contributed by atoms with Crippen molar-refractivity contribution in [1.82, 2.24) is 14.9 Å². The third-order valence-electron chi connectivity index (χ3n) is 3.62. The Labute approximate surface area is 126 Å². The molecule has 21 heavy (non-hydrogen) atoms. The monoisotopic (exact) mass is 307 g/mol. The Morgan fingerprint density at radius 2 is 2.10 bits per heavy atom. The SMILES string of the molecule is NC(=O)c1cc2ncnc(N3CCN(CCO)CC3)c2s1.